The van der Waals surface area contributed by atoms with Gasteiger partial charge in [-0.3, -0.25) is 4.90 Å². The molecule has 3 heterocycles. The van der Waals surface area contributed by atoms with Gasteiger partial charge in [-0.25, -0.2) is 9.78 Å². The summed E-state index contributed by atoms with van der Waals surface area (Å²) in [5.41, 5.74) is 3.77. The van der Waals surface area contributed by atoms with Crippen molar-refractivity contribution in [2.45, 2.75) is 19.5 Å². The van der Waals surface area contributed by atoms with E-state index in [1.54, 1.807) is 0 Å². The molecular weight excluding hydrogens is 420 g/mol. The molecule has 7 heteroatoms. The van der Waals surface area contributed by atoms with E-state index in [4.69, 9.17) is 9.72 Å². The number of halogens is 1. The zero-order valence-corrected chi connectivity index (χ0v) is 17.6. The standard InChI is InChI=1S/C21H23BrN4O2/c1-15-11-25(19-6-3-16(4-7-19)21(27)28-2)10-9-24(15)13-18-14-26-12-17(22)5-8-20(26)23-18/h3-8,12,14-15H,9-11,13H2,1-2H3. The molecule has 28 heavy (non-hydrogen) atoms. The van der Waals surface area contributed by atoms with Gasteiger partial charge in [0, 0.05) is 54.8 Å². The molecule has 0 aliphatic carbocycles. The second-order valence-electron chi connectivity index (χ2n) is 7.15. The van der Waals surface area contributed by atoms with E-state index >= 15 is 0 Å². The maximum Gasteiger partial charge on any atom is 0.337 e. The van der Waals surface area contributed by atoms with E-state index in [1.807, 2.05) is 42.6 Å². The lowest BCUT2D eigenvalue weighted by molar-refractivity contribution is 0.0600. The zero-order valence-electron chi connectivity index (χ0n) is 16.0. The molecule has 0 saturated carbocycles. The number of methoxy groups -OCH3 is 1. The van der Waals surface area contributed by atoms with Crippen molar-refractivity contribution in [3.05, 3.63) is 64.5 Å². The van der Waals surface area contributed by atoms with Crippen LogP contribution in [0.25, 0.3) is 5.65 Å². The highest BCUT2D eigenvalue weighted by Crippen LogP contribution is 2.22. The first kappa shape index (κ1) is 19.0. The fraction of sp³-hybridized carbons (Fsp3) is 0.333. The number of carbonyl (C=O) groups is 1. The highest BCUT2D eigenvalue weighted by atomic mass is 79.9. The number of aromatic nitrogens is 2. The van der Waals surface area contributed by atoms with Crippen molar-refractivity contribution >= 4 is 33.2 Å². The van der Waals surface area contributed by atoms with Crippen molar-refractivity contribution in [1.29, 1.82) is 0 Å². The maximum absolute atomic E-state index is 11.6. The molecule has 0 spiro atoms. The van der Waals surface area contributed by atoms with Crippen LogP contribution >= 0.6 is 15.9 Å². The SMILES string of the molecule is COC(=O)c1ccc(N2CCN(Cc3cn4cc(Br)ccc4n3)C(C)C2)cc1. The smallest absolute Gasteiger partial charge is 0.337 e. The summed E-state index contributed by atoms with van der Waals surface area (Å²) in [5, 5.41) is 0. The van der Waals surface area contributed by atoms with E-state index in [1.165, 1.54) is 7.11 Å². The number of pyridine rings is 1. The number of carbonyl (C=O) groups excluding carboxylic acids is 1. The Bertz CT molecular complexity index is 986. The van der Waals surface area contributed by atoms with Crippen LogP contribution in [0.4, 0.5) is 5.69 Å². The highest BCUT2D eigenvalue weighted by molar-refractivity contribution is 9.10. The van der Waals surface area contributed by atoms with Crippen LogP contribution < -0.4 is 4.90 Å². The van der Waals surface area contributed by atoms with Crippen LogP contribution in [0.1, 0.15) is 23.0 Å². The molecule has 0 N–H and O–H groups in total. The van der Waals surface area contributed by atoms with Crippen molar-refractivity contribution in [1.82, 2.24) is 14.3 Å². The summed E-state index contributed by atoms with van der Waals surface area (Å²) in [6.07, 6.45) is 4.13. The van der Waals surface area contributed by atoms with Gasteiger partial charge in [0.25, 0.3) is 0 Å². The third kappa shape index (κ3) is 3.91. The number of hydrogen-bond donors (Lipinski definition) is 0. The van der Waals surface area contributed by atoms with Gasteiger partial charge in [0.1, 0.15) is 5.65 Å². The van der Waals surface area contributed by atoms with Crippen molar-refractivity contribution in [2.24, 2.45) is 0 Å². The highest BCUT2D eigenvalue weighted by Gasteiger charge is 2.24. The molecule has 1 atom stereocenters. The Kier molecular flexibility index (Phi) is 5.37. The number of fused-ring (bicyclic) bond motifs is 1. The third-order valence-corrected chi connectivity index (χ3v) is 5.72. The lowest BCUT2D eigenvalue weighted by Gasteiger charge is -2.40. The van der Waals surface area contributed by atoms with Gasteiger partial charge in [-0.15, -0.1) is 0 Å². The second-order valence-corrected chi connectivity index (χ2v) is 8.06. The summed E-state index contributed by atoms with van der Waals surface area (Å²) in [6.45, 7) is 5.95. The van der Waals surface area contributed by atoms with Gasteiger partial charge in [0.2, 0.25) is 0 Å². The minimum atomic E-state index is -0.302. The van der Waals surface area contributed by atoms with Crippen molar-refractivity contribution in [2.75, 3.05) is 31.6 Å². The fourth-order valence-corrected chi connectivity index (χ4v) is 4.05. The largest absolute Gasteiger partial charge is 0.465 e. The lowest BCUT2D eigenvalue weighted by atomic mass is 10.1. The van der Waals surface area contributed by atoms with Crippen molar-refractivity contribution in [3.8, 4) is 0 Å². The Balaban J connectivity index is 1.41. The first-order valence-electron chi connectivity index (χ1n) is 9.34. The predicted molar refractivity (Wildman–Crippen MR) is 113 cm³/mol. The number of benzene rings is 1. The quantitative estimate of drug-likeness (QED) is 0.577. The van der Waals surface area contributed by atoms with Crippen LogP contribution in [0.5, 0.6) is 0 Å². The average Bonchev–Trinajstić information content (AvgIpc) is 3.10. The molecule has 4 rings (SSSR count). The maximum atomic E-state index is 11.6. The van der Waals surface area contributed by atoms with Crippen LogP contribution in [-0.4, -0.2) is 53.0 Å². The lowest BCUT2D eigenvalue weighted by Crippen LogP contribution is -2.51. The molecule has 2 aromatic heterocycles. The number of ether oxygens (including phenoxy) is 1. The number of imidazole rings is 1. The molecule has 1 fully saturated rings. The molecule has 1 unspecified atom stereocenters. The minimum absolute atomic E-state index is 0.302. The van der Waals surface area contributed by atoms with Gasteiger partial charge in [-0.05, 0) is 59.3 Å². The van der Waals surface area contributed by atoms with Gasteiger partial charge < -0.3 is 14.0 Å². The molecule has 1 saturated heterocycles. The summed E-state index contributed by atoms with van der Waals surface area (Å²) in [5.74, 6) is -0.302. The summed E-state index contributed by atoms with van der Waals surface area (Å²) in [7, 11) is 1.40. The first-order valence-corrected chi connectivity index (χ1v) is 10.1. The van der Waals surface area contributed by atoms with Gasteiger partial charge in [-0.2, -0.15) is 0 Å². The number of hydrogen-bond acceptors (Lipinski definition) is 5. The second kappa shape index (κ2) is 7.93. The van der Waals surface area contributed by atoms with Crippen molar-refractivity contribution < 1.29 is 9.53 Å². The Morgan fingerprint density at radius 3 is 2.68 bits per heavy atom. The van der Waals surface area contributed by atoms with E-state index in [0.717, 1.165) is 47.7 Å². The van der Waals surface area contributed by atoms with Gasteiger partial charge in [-0.1, -0.05) is 0 Å². The number of piperazine rings is 1. The summed E-state index contributed by atoms with van der Waals surface area (Å²) in [6, 6.07) is 12.1. The fourth-order valence-electron chi connectivity index (χ4n) is 3.69. The number of esters is 1. The Labute approximate surface area is 172 Å². The summed E-state index contributed by atoms with van der Waals surface area (Å²) >= 11 is 3.50. The molecular formula is C21H23BrN4O2. The van der Waals surface area contributed by atoms with Gasteiger partial charge in [0.05, 0.1) is 18.4 Å². The van der Waals surface area contributed by atoms with E-state index < -0.39 is 0 Å². The third-order valence-electron chi connectivity index (χ3n) is 5.25. The molecule has 0 bridgehead atoms. The molecule has 6 nitrogen and oxygen atoms in total. The number of anilines is 1. The van der Waals surface area contributed by atoms with E-state index in [0.29, 0.717) is 11.6 Å². The normalized spacial score (nSPS) is 17.8. The molecule has 3 aromatic rings. The summed E-state index contributed by atoms with van der Waals surface area (Å²) < 4.78 is 7.87. The topological polar surface area (TPSA) is 50.1 Å². The summed E-state index contributed by atoms with van der Waals surface area (Å²) in [4.78, 5) is 21.2. The molecule has 1 aliphatic heterocycles. The van der Waals surface area contributed by atoms with Crippen molar-refractivity contribution in [3.63, 3.8) is 0 Å². The average molecular weight is 443 g/mol. The molecule has 146 valence electrons. The first-order chi connectivity index (χ1) is 13.5. The minimum Gasteiger partial charge on any atom is -0.465 e. The van der Waals surface area contributed by atoms with Crippen LogP contribution in [0.2, 0.25) is 0 Å². The Hall–Kier alpha value is -2.38. The van der Waals surface area contributed by atoms with Crippen LogP contribution in [0.15, 0.2) is 53.3 Å². The zero-order chi connectivity index (χ0) is 19.7. The molecule has 1 aromatic carbocycles. The van der Waals surface area contributed by atoms with Gasteiger partial charge >= 0.3 is 5.97 Å². The van der Waals surface area contributed by atoms with E-state index in [9.17, 15) is 4.79 Å². The Morgan fingerprint density at radius 2 is 1.96 bits per heavy atom. The predicted octanol–water partition coefficient (Wildman–Crippen LogP) is 3.59. The van der Waals surface area contributed by atoms with E-state index in [-0.39, 0.29) is 5.97 Å². The van der Waals surface area contributed by atoms with Crippen LogP contribution in [-0.2, 0) is 11.3 Å². The monoisotopic (exact) mass is 442 g/mol. The van der Waals surface area contributed by atoms with E-state index in [2.05, 4.69) is 43.3 Å². The number of nitrogens with zero attached hydrogens (tertiary/aromatic N) is 4. The molecule has 0 amide bonds. The van der Waals surface area contributed by atoms with Gasteiger partial charge in [0.15, 0.2) is 0 Å². The number of rotatable bonds is 4. The Morgan fingerprint density at radius 1 is 1.18 bits per heavy atom. The van der Waals surface area contributed by atoms with Crippen LogP contribution in [0, 0.1) is 0 Å². The molecule has 0 radical (unpaired) electrons. The molecule has 1 aliphatic rings. The van der Waals surface area contributed by atoms with Crippen LogP contribution in [0.3, 0.4) is 0 Å².